The van der Waals surface area contributed by atoms with Crippen LogP contribution in [-0.4, -0.2) is 19.5 Å². The summed E-state index contributed by atoms with van der Waals surface area (Å²) in [5, 5.41) is 9.05. The van der Waals surface area contributed by atoms with E-state index in [1.54, 1.807) is 18.2 Å². The number of halogens is 3. The monoisotopic (exact) mass is 344 g/mol. The summed E-state index contributed by atoms with van der Waals surface area (Å²) in [6.45, 7) is 0. The van der Waals surface area contributed by atoms with Gasteiger partial charge >= 0.3 is 12.1 Å². The molecule has 0 heterocycles. The van der Waals surface area contributed by atoms with Crippen LogP contribution in [-0.2, 0) is 21.8 Å². The van der Waals surface area contributed by atoms with Gasteiger partial charge in [0.25, 0.3) is 0 Å². The Hall–Kier alpha value is -2.35. The van der Waals surface area contributed by atoms with Crippen molar-refractivity contribution >= 4 is 15.8 Å². The van der Waals surface area contributed by atoms with Crippen molar-refractivity contribution < 1.29 is 31.5 Å². The molecule has 0 spiro atoms. The second kappa shape index (κ2) is 6.04. The number of benzene rings is 2. The van der Waals surface area contributed by atoms with Crippen LogP contribution in [0.25, 0.3) is 0 Å². The number of hydrogen-bond donors (Lipinski definition) is 1. The number of sulfone groups is 1. The van der Waals surface area contributed by atoms with Gasteiger partial charge in [-0.1, -0.05) is 30.3 Å². The molecule has 0 aliphatic rings. The van der Waals surface area contributed by atoms with Gasteiger partial charge in [-0.2, -0.15) is 13.2 Å². The summed E-state index contributed by atoms with van der Waals surface area (Å²) >= 11 is 0. The zero-order chi connectivity index (χ0) is 17.3. The normalized spacial score (nSPS) is 12.1. The van der Waals surface area contributed by atoms with Gasteiger partial charge in [-0.05, 0) is 23.8 Å². The van der Waals surface area contributed by atoms with Crippen LogP contribution < -0.4 is 0 Å². The molecule has 122 valence electrons. The summed E-state index contributed by atoms with van der Waals surface area (Å²) in [5.74, 6) is -2.23. The van der Waals surface area contributed by atoms with Crippen LogP contribution in [0.5, 0.6) is 0 Å². The molecule has 0 fully saturated rings. The lowest BCUT2D eigenvalue weighted by Gasteiger charge is -2.12. The van der Waals surface area contributed by atoms with Crippen LogP contribution in [0.15, 0.2) is 53.4 Å². The highest BCUT2D eigenvalue weighted by Gasteiger charge is 2.33. The van der Waals surface area contributed by atoms with Crippen molar-refractivity contribution in [3.05, 3.63) is 65.2 Å². The third kappa shape index (κ3) is 3.89. The fourth-order valence-corrected chi connectivity index (χ4v) is 3.56. The minimum absolute atomic E-state index is 0.334. The minimum Gasteiger partial charge on any atom is -0.478 e. The molecule has 1 N–H and O–H groups in total. The SMILES string of the molecule is O=C(O)c1cc(C(F)(F)F)ccc1S(=O)(=O)Cc1ccccc1. The van der Waals surface area contributed by atoms with Gasteiger partial charge in [-0.15, -0.1) is 0 Å². The average molecular weight is 344 g/mol. The zero-order valence-corrected chi connectivity index (χ0v) is 12.4. The third-order valence-corrected chi connectivity index (χ3v) is 4.81. The second-order valence-corrected chi connectivity index (χ2v) is 6.72. The number of alkyl halides is 3. The molecular formula is C15H11F3O4S. The molecule has 0 atom stereocenters. The Morgan fingerprint density at radius 3 is 2.17 bits per heavy atom. The highest BCUT2D eigenvalue weighted by atomic mass is 32.2. The summed E-state index contributed by atoms with van der Waals surface area (Å²) < 4.78 is 62.7. The van der Waals surface area contributed by atoms with Gasteiger partial charge in [0.15, 0.2) is 9.84 Å². The molecule has 0 aromatic heterocycles. The average Bonchev–Trinajstić information content (AvgIpc) is 2.46. The number of carboxylic acids is 1. The minimum atomic E-state index is -4.76. The van der Waals surface area contributed by atoms with Crippen molar-refractivity contribution in [3.8, 4) is 0 Å². The molecular weight excluding hydrogens is 333 g/mol. The first kappa shape index (κ1) is 17.0. The van der Waals surface area contributed by atoms with Crippen LogP contribution >= 0.6 is 0 Å². The van der Waals surface area contributed by atoms with Crippen LogP contribution in [0.2, 0.25) is 0 Å². The van der Waals surface area contributed by atoms with Crippen LogP contribution in [0.3, 0.4) is 0 Å². The maximum Gasteiger partial charge on any atom is 0.416 e. The van der Waals surface area contributed by atoms with E-state index in [1.807, 2.05) is 0 Å². The van der Waals surface area contributed by atoms with Gasteiger partial charge < -0.3 is 5.11 Å². The highest BCUT2D eigenvalue weighted by Crippen LogP contribution is 2.32. The molecule has 0 amide bonds. The van der Waals surface area contributed by atoms with Crippen molar-refractivity contribution in [1.82, 2.24) is 0 Å². The summed E-state index contributed by atoms with van der Waals surface area (Å²) in [6.07, 6.45) is -4.76. The Morgan fingerprint density at radius 2 is 1.65 bits per heavy atom. The first-order valence-corrected chi connectivity index (χ1v) is 7.98. The molecule has 2 rings (SSSR count). The van der Waals surface area contributed by atoms with Crippen LogP contribution in [0.1, 0.15) is 21.5 Å². The summed E-state index contributed by atoms with van der Waals surface area (Å²) in [5.41, 5.74) is -1.70. The molecule has 23 heavy (non-hydrogen) atoms. The van der Waals surface area contributed by atoms with E-state index in [-0.39, 0.29) is 0 Å². The molecule has 0 saturated heterocycles. The van der Waals surface area contributed by atoms with Crippen molar-refractivity contribution in [2.24, 2.45) is 0 Å². The van der Waals surface area contributed by atoms with E-state index < -0.39 is 43.8 Å². The lowest BCUT2D eigenvalue weighted by Crippen LogP contribution is -2.14. The van der Waals surface area contributed by atoms with Gasteiger partial charge in [0.05, 0.1) is 21.8 Å². The lowest BCUT2D eigenvalue weighted by atomic mass is 10.1. The van der Waals surface area contributed by atoms with Crippen molar-refractivity contribution in [2.45, 2.75) is 16.8 Å². The second-order valence-electron chi connectivity index (χ2n) is 4.76. The number of carboxylic acid groups (broad SMARTS) is 1. The van der Waals surface area contributed by atoms with Gasteiger partial charge in [0.2, 0.25) is 0 Å². The van der Waals surface area contributed by atoms with Crippen molar-refractivity contribution in [3.63, 3.8) is 0 Å². The maximum absolute atomic E-state index is 12.7. The first-order chi connectivity index (χ1) is 10.6. The molecule has 0 unspecified atom stereocenters. The van der Waals surface area contributed by atoms with E-state index in [0.29, 0.717) is 23.8 Å². The Morgan fingerprint density at radius 1 is 1.04 bits per heavy atom. The lowest BCUT2D eigenvalue weighted by molar-refractivity contribution is -0.137. The highest BCUT2D eigenvalue weighted by molar-refractivity contribution is 7.90. The van der Waals surface area contributed by atoms with E-state index >= 15 is 0 Å². The zero-order valence-electron chi connectivity index (χ0n) is 11.5. The summed E-state index contributed by atoms with van der Waals surface area (Å²) in [7, 11) is -4.10. The van der Waals surface area contributed by atoms with Crippen molar-refractivity contribution in [2.75, 3.05) is 0 Å². The fourth-order valence-electron chi connectivity index (χ4n) is 2.02. The topological polar surface area (TPSA) is 71.4 Å². The largest absolute Gasteiger partial charge is 0.478 e. The molecule has 0 saturated carbocycles. The number of carbonyl (C=O) groups is 1. The standard InChI is InChI=1S/C15H11F3O4S/c16-15(17,18)11-6-7-13(12(8-11)14(19)20)23(21,22)9-10-4-2-1-3-5-10/h1-8H,9H2,(H,19,20). The van der Waals surface area contributed by atoms with E-state index in [2.05, 4.69) is 0 Å². The Balaban J connectivity index is 2.52. The molecule has 2 aromatic rings. The first-order valence-electron chi connectivity index (χ1n) is 6.32. The molecule has 0 radical (unpaired) electrons. The molecule has 0 aliphatic carbocycles. The van der Waals surface area contributed by atoms with Crippen LogP contribution in [0.4, 0.5) is 13.2 Å². The molecule has 0 aliphatic heterocycles. The Bertz CT molecular complexity index is 828. The van der Waals surface area contributed by atoms with Gasteiger partial charge in [-0.3, -0.25) is 0 Å². The third-order valence-electron chi connectivity index (χ3n) is 3.07. The van der Waals surface area contributed by atoms with E-state index in [1.165, 1.54) is 12.1 Å². The molecule has 8 heteroatoms. The predicted molar refractivity (Wildman–Crippen MR) is 75.7 cm³/mol. The quantitative estimate of drug-likeness (QED) is 0.923. The van der Waals surface area contributed by atoms with Crippen molar-refractivity contribution in [1.29, 1.82) is 0 Å². The molecule has 0 bridgehead atoms. The maximum atomic E-state index is 12.7. The summed E-state index contributed by atoms with van der Waals surface area (Å²) in [6, 6.07) is 9.53. The van der Waals surface area contributed by atoms with Gasteiger partial charge in [-0.25, -0.2) is 13.2 Å². The van der Waals surface area contributed by atoms with Gasteiger partial charge in [0, 0.05) is 0 Å². The van der Waals surface area contributed by atoms with E-state index in [0.717, 1.165) is 0 Å². The van der Waals surface area contributed by atoms with Crippen LogP contribution in [0, 0.1) is 0 Å². The van der Waals surface area contributed by atoms with E-state index in [4.69, 9.17) is 5.11 Å². The number of aromatic carboxylic acids is 1. The Kier molecular flexibility index (Phi) is 4.46. The molecule has 2 aromatic carbocycles. The number of hydrogen-bond acceptors (Lipinski definition) is 3. The number of rotatable bonds is 4. The fraction of sp³-hybridized carbons (Fsp3) is 0.133. The van der Waals surface area contributed by atoms with E-state index in [9.17, 15) is 26.4 Å². The molecule has 4 nitrogen and oxygen atoms in total. The summed E-state index contributed by atoms with van der Waals surface area (Å²) in [4.78, 5) is 10.5. The smallest absolute Gasteiger partial charge is 0.416 e. The predicted octanol–water partition coefficient (Wildman–Crippen LogP) is 3.38. The Labute approximate surface area is 130 Å². The van der Waals surface area contributed by atoms with Gasteiger partial charge in [0.1, 0.15) is 0 Å².